The summed E-state index contributed by atoms with van der Waals surface area (Å²) in [7, 11) is 0. The fourth-order valence-electron chi connectivity index (χ4n) is 7.02. The molecule has 0 aromatic carbocycles. The Bertz CT molecular complexity index is 704. The van der Waals surface area contributed by atoms with Crippen molar-refractivity contribution in [2.24, 2.45) is 23.2 Å². The number of carbonyl (C=O) groups excluding carboxylic acids is 2. The van der Waals surface area contributed by atoms with Crippen molar-refractivity contribution in [2.45, 2.75) is 63.8 Å². The lowest BCUT2D eigenvalue weighted by atomic mass is 9.49. The van der Waals surface area contributed by atoms with Crippen LogP contribution in [0, 0.1) is 23.2 Å². The highest BCUT2D eigenvalue weighted by Crippen LogP contribution is 2.61. The molecule has 5 heteroatoms. The van der Waals surface area contributed by atoms with E-state index in [1.807, 2.05) is 11.0 Å². The molecule has 2 amide bonds. The van der Waals surface area contributed by atoms with Gasteiger partial charge in [-0.3, -0.25) is 14.6 Å². The number of rotatable bonds is 4. The smallest absolute Gasteiger partial charge is 0.255 e. The third-order valence-electron chi connectivity index (χ3n) is 7.76. The summed E-state index contributed by atoms with van der Waals surface area (Å²) in [5, 5.41) is 3.30. The maximum Gasteiger partial charge on any atom is 0.255 e. The Morgan fingerprint density at radius 3 is 2.29 bits per heavy atom. The molecule has 4 saturated carbocycles. The highest BCUT2D eigenvalue weighted by Gasteiger charge is 2.51. The summed E-state index contributed by atoms with van der Waals surface area (Å²) >= 11 is 0. The lowest BCUT2D eigenvalue weighted by molar-refractivity contribution is -0.130. The van der Waals surface area contributed by atoms with Gasteiger partial charge in [-0.25, -0.2) is 0 Å². The highest BCUT2D eigenvalue weighted by atomic mass is 16.2. The predicted octanol–water partition coefficient (Wildman–Crippen LogP) is 3.41. The average Bonchev–Trinajstić information content (AvgIpc) is 2.67. The van der Waals surface area contributed by atoms with Crippen LogP contribution in [0.25, 0.3) is 0 Å². The standard InChI is InChI=1S/C23H31N3O2/c27-21(14-23-11-16-8-17(12-23)10-18(9-16)13-23)25-20-3-6-26(7-4-20)22(28)19-2-1-5-24-15-19/h1-2,5,15-18,20H,3-4,6-14H2,(H,25,27). The number of pyridine rings is 1. The zero-order valence-corrected chi connectivity index (χ0v) is 16.6. The molecule has 28 heavy (non-hydrogen) atoms. The highest BCUT2D eigenvalue weighted by molar-refractivity contribution is 5.93. The number of amides is 2. The Morgan fingerprint density at radius 1 is 1.07 bits per heavy atom. The number of likely N-dealkylation sites (tertiary alicyclic amines) is 1. The van der Waals surface area contributed by atoms with Crippen LogP contribution in [0.3, 0.4) is 0 Å². The first-order valence-corrected chi connectivity index (χ1v) is 11.1. The van der Waals surface area contributed by atoms with Crippen LogP contribution in [0.2, 0.25) is 0 Å². The summed E-state index contributed by atoms with van der Waals surface area (Å²) in [5.74, 6) is 2.97. The molecule has 5 nitrogen and oxygen atoms in total. The minimum absolute atomic E-state index is 0.0476. The molecule has 150 valence electrons. The molecule has 0 atom stereocenters. The largest absolute Gasteiger partial charge is 0.353 e. The van der Waals surface area contributed by atoms with Gasteiger partial charge in [0.1, 0.15) is 0 Å². The van der Waals surface area contributed by atoms with Crippen LogP contribution in [0.1, 0.15) is 68.1 Å². The minimum Gasteiger partial charge on any atom is -0.353 e. The van der Waals surface area contributed by atoms with Gasteiger partial charge in [-0.2, -0.15) is 0 Å². The van der Waals surface area contributed by atoms with Crippen LogP contribution in [-0.4, -0.2) is 40.8 Å². The quantitative estimate of drug-likeness (QED) is 0.869. The lowest BCUT2D eigenvalue weighted by Crippen LogP contribution is -2.50. The van der Waals surface area contributed by atoms with Gasteiger partial charge in [0.05, 0.1) is 5.56 Å². The Balaban J connectivity index is 1.12. The molecule has 0 spiro atoms. The SMILES string of the molecule is O=C(CC12CC3CC(CC(C3)C1)C2)NC1CCN(C(=O)c2cccnc2)CC1. The van der Waals surface area contributed by atoms with Gasteiger partial charge >= 0.3 is 0 Å². The summed E-state index contributed by atoms with van der Waals surface area (Å²) in [5.41, 5.74) is 0.947. The summed E-state index contributed by atoms with van der Waals surface area (Å²) in [6.07, 6.45) is 13.8. The molecular formula is C23H31N3O2. The van der Waals surface area contributed by atoms with E-state index in [0.29, 0.717) is 24.1 Å². The van der Waals surface area contributed by atoms with Crippen LogP contribution < -0.4 is 5.32 Å². The molecule has 4 aliphatic carbocycles. The molecular weight excluding hydrogens is 350 g/mol. The Morgan fingerprint density at radius 2 is 1.71 bits per heavy atom. The van der Waals surface area contributed by atoms with Crippen molar-refractivity contribution in [3.63, 3.8) is 0 Å². The second-order valence-corrected chi connectivity index (χ2v) is 9.97. The van der Waals surface area contributed by atoms with E-state index in [2.05, 4.69) is 10.3 Å². The van der Waals surface area contributed by atoms with E-state index in [-0.39, 0.29) is 17.9 Å². The van der Waals surface area contributed by atoms with Gasteiger partial charge in [0.15, 0.2) is 0 Å². The maximum absolute atomic E-state index is 12.8. The Kier molecular flexibility index (Phi) is 4.64. The van der Waals surface area contributed by atoms with E-state index < -0.39 is 0 Å². The summed E-state index contributed by atoms with van der Waals surface area (Å²) in [4.78, 5) is 31.3. The molecule has 2 heterocycles. The minimum atomic E-state index is 0.0476. The van der Waals surface area contributed by atoms with Crippen molar-refractivity contribution in [1.82, 2.24) is 15.2 Å². The van der Waals surface area contributed by atoms with Gasteiger partial charge in [-0.1, -0.05) is 0 Å². The number of nitrogens with zero attached hydrogens (tertiary/aromatic N) is 2. The zero-order valence-electron chi connectivity index (χ0n) is 16.6. The van der Waals surface area contributed by atoms with Gasteiger partial charge < -0.3 is 10.2 Å². The van der Waals surface area contributed by atoms with Crippen molar-refractivity contribution in [3.05, 3.63) is 30.1 Å². The molecule has 4 bridgehead atoms. The van der Waals surface area contributed by atoms with Crippen molar-refractivity contribution in [2.75, 3.05) is 13.1 Å². The van der Waals surface area contributed by atoms with Gasteiger partial charge in [0, 0.05) is 37.9 Å². The van der Waals surface area contributed by atoms with Crippen LogP contribution >= 0.6 is 0 Å². The second kappa shape index (κ2) is 7.16. The van der Waals surface area contributed by atoms with E-state index in [4.69, 9.17) is 0 Å². The van der Waals surface area contributed by atoms with Gasteiger partial charge in [0.2, 0.25) is 5.91 Å². The molecule has 1 aromatic heterocycles. The van der Waals surface area contributed by atoms with Crippen LogP contribution in [-0.2, 0) is 4.79 Å². The topological polar surface area (TPSA) is 62.3 Å². The molecule has 1 saturated heterocycles. The van der Waals surface area contributed by atoms with E-state index in [1.165, 1.54) is 38.5 Å². The van der Waals surface area contributed by atoms with E-state index >= 15 is 0 Å². The van der Waals surface area contributed by atoms with E-state index in [9.17, 15) is 9.59 Å². The number of piperidine rings is 1. The number of carbonyl (C=O) groups is 2. The van der Waals surface area contributed by atoms with Crippen LogP contribution in [0.15, 0.2) is 24.5 Å². The zero-order chi connectivity index (χ0) is 19.1. The van der Waals surface area contributed by atoms with Crippen LogP contribution in [0.4, 0.5) is 0 Å². The van der Waals surface area contributed by atoms with Gasteiger partial charge in [-0.05, 0) is 86.7 Å². The molecule has 1 aromatic rings. The molecule has 1 aliphatic heterocycles. The molecule has 1 N–H and O–H groups in total. The molecule has 5 aliphatic rings. The van der Waals surface area contributed by atoms with Crippen LogP contribution in [0.5, 0.6) is 0 Å². The monoisotopic (exact) mass is 381 g/mol. The number of hydrogen-bond acceptors (Lipinski definition) is 3. The fraction of sp³-hybridized carbons (Fsp3) is 0.696. The third-order valence-corrected chi connectivity index (χ3v) is 7.76. The van der Waals surface area contributed by atoms with Gasteiger partial charge in [-0.15, -0.1) is 0 Å². The Labute approximate surface area is 167 Å². The first kappa shape index (κ1) is 18.1. The number of hydrogen-bond donors (Lipinski definition) is 1. The van der Waals surface area contributed by atoms with E-state index in [1.54, 1.807) is 18.5 Å². The summed E-state index contributed by atoms with van der Waals surface area (Å²) < 4.78 is 0. The number of aromatic nitrogens is 1. The summed E-state index contributed by atoms with van der Waals surface area (Å²) in [6.45, 7) is 1.41. The summed E-state index contributed by atoms with van der Waals surface area (Å²) in [6, 6.07) is 3.82. The normalized spacial score (nSPS) is 34.4. The average molecular weight is 382 g/mol. The first-order chi connectivity index (χ1) is 13.6. The lowest BCUT2D eigenvalue weighted by Gasteiger charge is -2.56. The molecule has 0 unspecified atom stereocenters. The first-order valence-electron chi connectivity index (χ1n) is 11.1. The van der Waals surface area contributed by atoms with Crippen molar-refractivity contribution < 1.29 is 9.59 Å². The van der Waals surface area contributed by atoms with Crippen molar-refractivity contribution >= 4 is 11.8 Å². The molecule has 6 rings (SSSR count). The van der Waals surface area contributed by atoms with Crippen molar-refractivity contribution in [3.8, 4) is 0 Å². The molecule has 0 radical (unpaired) electrons. The fourth-order valence-corrected chi connectivity index (χ4v) is 7.02. The number of nitrogens with one attached hydrogen (secondary N) is 1. The van der Waals surface area contributed by atoms with Crippen molar-refractivity contribution in [1.29, 1.82) is 0 Å². The molecule has 5 fully saturated rings. The Hall–Kier alpha value is -1.91. The second-order valence-electron chi connectivity index (χ2n) is 9.97. The predicted molar refractivity (Wildman–Crippen MR) is 107 cm³/mol. The third kappa shape index (κ3) is 3.56. The van der Waals surface area contributed by atoms with E-state index in [0.717, 1.165) is 37.0 Å². The maximum atomic E-state index is 12.8. The van der Waals surface area contributed by atoms with Gasteiger partial charge in [0.25, 0.3) is 5.91 Å².